The van der Waals surface area contributed by atoms with E-state index in [2.05, 4.69) is 20.9 Å². The molecule has 1 saturated heterocycles. The zero-order valence-corrected chi connectivity index (χ0v) is 21.5. The second-order valence-corrected chi connectivity index (χ2v) is 9.53. The number of fused-ring (bicyclic) bond motifs is 3. The number of nitrogens with zero attached hydrogens (tertiary/aromatic N) is 4. The fourth-order valence-electron chi connectivity index (χ4n) is 4.87. The van der Waals surface area contributed by atoms with Crippen LogP contribution in [0.3, 0.4) is 0 Å². The number of anilines is 2. The van der Waals surface area contributed by atoms with Crippen molar-refractivity contribution in [1.82, 2.24) is 14.9 Å². The molecule has 36 heavy (non-hydrogen) atoms. The summed E-state index contributed by atoms with van der Waals surface area (Å²) in [6, 6.07) is 3.21. The highest BCUT2D eigenvalue weighted by atomic mass is 32.1. The molecule has 0 atom stereocenters. The molecule has 192 valence electrons. The van der Waals surface area contributed by atoms with Crippen LogP contribution >= 0.6 is 12.2 Å². The van der Waals surface area contributed by atoms with Crippen LogP contribution in [0, 0.1) is 11.6 Å². The van der Waals surface area contributed by atoms with Crippen molar-refractivity contribution < 1.29 is 23.0 Å². The summed E-state index contributed by atoms with van der Waals surface area (Å²) in [5.74, 6) is -1.93. The van der Waals surface area contributed by atoms with Gasteiger partial charge in [0.15, 0.2) is 28.2 Å². The fourth-order valence-corrected chi connectivity index (χ4v) is 5.33. The molecule has 0 radical (unpaired) electrons. The number of H-pyrrole nitrogens is 1. The number of pyridine rings is 1. The Kier molecular flexibility index (Phi) is 6.71. The Morgan fingerprint density at radius 1 is 1.08 bits per heavy atom. The topological polar surface area (TPSA) is 66.1 Å². The van der Waals surface area contributed by atoms with E-state index in [0.29, 0.717) is 0 Å². The molecule has 0 aliphatic carbocycles. The monoisotopic (exact) mass is 517 g/mol. The van der Waals surface area contributed by atoms with E-state index in [0.717, 1.165) is 60.8 Å². The first-order chi connectivity index (χ1) is 17.3. The minimum Gasteiger partial charge on any atom is -0.493 e. The number of methoxy groups -OCH3 is 2. The molecule has 0 spiro atoms. The zero-order chi connectivity index (χ0) is 25.6. The summed E-state index contributed by atoms with van der Waals surface area (Å²) in [6.45, 7) is 8.08. The summed E-state index contributed by atoms with van der Waals surface area (Å²) in [4.78, 5) is 13.8. The first-order valence-corrected chi connectivity index (χ1v) is 12.2. The van der Waals surface area contributed by atoms with Gasteiger partial charge in [0, 0.05) is 54.6 Å². The molecule has 5 rings (SSSR count). The van der Waals surface area contributed by atoms with Gasteiger partial charge in [-0.25, -0.2) is 13.8 Å². The molecule has 1 fully saturated rings. The van der Waals surface area contributed by atoms with E-state index < -0.39 is 11.6 Å². The molecule has 2 aliphatic heterocycles. The number of halogens is 2. The minimum atomic E-state index is -0.839. The Bertz CT molecular complexity index is 1280. The third-order valence-electron chi connectivity index (χ3n) is 6.60. The van der Waals surface area contributed by atoms with Crippen LogP contribution in [0.2, 0.25) is 0 Å². The van der Waals surface area contributed by atoms with E-state index >= 15 is 8.78 Å². The molecule has 2 aliphatic rings. The van der Waals surface area contributed by atoms with Crippen molar-refractivity contribution in [3.63, 3.8) is 0 Å². The molecule has 4 heterocycles. The van der Waals surface area contributed by atoms with Crippen molar-refractivity contribution in [2.45, 2.75) is 33.0 Å². The zero-order valence-electron chi connectivity index (χ0n) is 20.7. The fraction of sp³-hybridized carbons (Fsp3) is 0.440. The predicted octanol–water partition coefficient (Wildman–Crippen LogP) is 4.21. The third kappa shape index (κ3) is 4.14. The number of rotatable bonds is 6. The molecular formula is C25H29F2N5O3S. The van der Waals surface area contributed by atoms with Gasteiger partial charge in [-0.2, -0.15) is 0 Å². The van der Waals surface area contributed by atoms with Gasteiger partial charge in [-0.3, -0.25) is 4.90 Å². The molecule has 1 N–H and O–H groups in total. The van der Waals surface area contributed by atoms with Crippen molar-refractivity contribution in [3.05, 3.63) is 41.2 Å². The molecule has 0 amide bonds. The van der Waals surface area contributed by atoms with Gasteiger partial charge in [-0.1, -0.05) is 0 Å². The largest absolute Gasteiger partial charge is 0.493 e. The van der Waals surface area contributed by atoms with E-state index in [1.54, 1.807) is 6.20 Å². The molecule has 0 saturated carbocycles. The van der Waals surface area contributed by atoms with Crippen LogP contribution in [0.4, 0.5) is 20.2 Å². The predicted molar refractivity (Wildman–Crippen MR) is 138 cm³/mol. The molecular weight excluding hydrogens is 488 g/mol. The number of thiocarbonyl (C=S) groups is 1. The van der Waals surface area contributed by atoms with E-state index in [4.69, 9.17) is 26.4 Å². The van der Waals surface area contributed by atoms with Crippen LogP contribution in [0.25, 0.3) is 11.0 Å². The van der Waals surface area contributed by atoms with E-state index in [1.165, 1.54) is 25.2 Å². The molecule has 8 nitrogen and oxygen atoms in total. The molecule has 2 aromatic heterocycles. The number of aromatic nitrogens is 2. The number of aromatic amines is 1. The van der Waals surface area contributed by atoms with Gasteiger partial charge in [0.25, 0.3) is 0 Å². The Morgan fingerprint density at radius 2 is 1.75 bits per heavy atom. The van der Waals surface area contributed by atoms with E-state index in [9.17, 15) is 0 Å². The summed E-state index contributed by atoms with van der Waals surface area (Å²) >= 11 is 5.85. The van der Waals surface area contributed by atoms with Gasteiger partial charge in [0.2, 0.25) is 0 Å². The minimum absolute atomic E-state index is 0.0825. The van der Waals surface area contributed by atoms with Gasteiger partial charge in [0.1, 0.15) is 11.3 Å². The van der Waals surface area contributed by atoms with Gasteiger partial charge in [0.05, 0.1) is 39.7 Å². The summed E-state index contributed by atoms with van der Waals surface area (Å²) in [6.07, 6.45) is 1.74. The number of benzene rings is 1. The number of ether oxygens (including phenoxy) is 3. The highest BCUT2D eigenvalue weighted by Crippen LogP contribution is 2.43. The van der Waals surface area contributed by atoms with Crippen LogP contribution in [-0.4, -0.2) is 66.5 Å². The highest BCUT2D eigenvalue weighted by Gasteiger charge is 2.36. The number of morpholine rings is 1. The molecule has 11 heteroatoms. The van der Waals surface area contributed by atoms with Crippen molar-refractivity contribution in [3.8, 4) is 11.5 Å². The lowest BCUT2D eigenvalue weighted by Crippen LogP contribution is -2.51. The maximum absolute atomic E-state index is 15.4. The Hall–Kier alpha value is -3.02. The van der Waals surface area contributed by atoms with E-state index in [1.807, 2.05) is 18.7 Å². The van der Waals surface area contributed by atoms with Crippen molar-refractivity contribution >= 4 is 39.7 Å². The smallest absolute Gasteiger partial charge is 0.192 e. The number of nitrogens with one attached hydrogen (secondary N) is 1. The second kappa shape index (κ2) is 9.79. The normalized spacial score (nSPS) is 16.7. The first kappa shape index (κ1) is 24.7. The SMILES string of the molecule is COc1cc(OC)c(F)c(N2Cc3cnc4[nH]c(CN5CCOCC5)cc4c3N(C(C)C)C2=S)c1F. The number of hydrogen-bond donors (Lipinski definition) is 1. The molecule has 1 aromatic carbocycles. The van der Waals surface area contributed by atoms with Crippen molar-refractivity contribution in [2.24, 2.45) is 0 Å². The maximum atomic E-state index is 15.4. The van der Waals surface area contributed by atoms with Crippen LogP contribution < -0.4 is 19.3 Å². The van der Waals surface area contributed by atoms with Crippen LogP contribution in [0.5, 0.6) is 11.5 Å². The number of hydrogen-bond acceptors (Lipinski definition) is 6. The van der Waals surface area contributed by atoms with Gasteiger partial charge in [-0.05, 0) is 32.1 Å². The Balaban J connectivity index is 1.60. The second-order valence-electron chi connectivity index (χ2n) is 9.17. The van der Waals surface area contributed by atoms with Gasteiger partial charge in [-0.15, -0.1) is 0 Å². The molecule has 0 bridgehead atoms. The van der Waals surface area contributed by atoms with Crippen LogP contribution in [0.1, 0.15) is 25.1 Å². The van der Waals surface area contributed by atoms with Gasteiger partial charge < -0.3 is 29.0 Å². The molecule has 3 aromatic rings. The van der Waals surface area contributed by atoms with Crippen LogP contribution in [-0.2, 0) is 17.8 Å². The molecule has 0 unspecified atom stereocenters. The lowest BCUT2D eigenvalue weighted by Gasteiger charge is -2.42. The summed E-state index contributed by atoms with van der Waals surface area (Å²) in [5, 5.41) is 1.21. The third-order valence-corrected chi connectivity index (χ3v) is 7.02. The van der Waals surface area contributed by atoms with E-state index in [-0.39, 0.29) is 34.9 Å². The van der Waals surface area contributed by atoms with Gasteiger partial charge >= 0.3 is 0 Å². The highest BCUT2D eigenvalue weighted by molar-refractivity contribution is 7.80. The summed E-state index contributed by atoms with van der Waals surface area (Å²) in [5.41, 5.74) is 3.19. The average Bonchev–Trinajstić information content (AvgIpc) is 3.27. The maximum Gasteiger partial charge on any atom is 0.192 e. The van der Waals surface area contributed by atoms with Crippen molar-refractivity contribution in [2.75, 3.05) is 50.3 Å². The lowest BCUT2D eigenvalue weighted by molar-refractivity contribution is 0.0337. The summed E-state index contributed by atoms with van der Waals surface area (Å²) < 4.78 is 46.6. The Morgan fingerprint density at radius 3 is 2.36 bits per heavy atom. The Labute approximate surface area is 213 Å². The van der Waals surface area contributed by atoms with Crippen molar-refractivity contribution in [1.29, 1.82) is 0 Å². The average molecular weight is 518 g/mol. The standard InChI is InChI=1S/C25H29F2N5O3S/c1-14(2)32-22-15(11-28-24-17(22)9-16(29-24)13-30-5-7-35-8-6-30)12-31(25(32)36)23-20(26)18(33-3)10-19(34-4)21(23)27/h9-11,14H,5-8,12-13H2,1-4H3,(H,28,29). The summed E-state index contributed by atoms with van der Waals surface area (Å²) in [7, 11) is 2.65. The first-order valence-electron chi connectivity index (χ1n) is 11.8. The van der Waals surface area contributed by atoms with Crippen LogP contribution in [0.15, 0.2) is 18.3 Å². The lowest BCUT2D eigenvalue weighted by atomic mass is 10.1. The quantitative estimate of drug-likeness (QED) is 0.488.